The molecule has 2 rings (SSSR count). The molecule has 1 amide bonds. The SMILES string of the molecule is C=c1ccc2c(c1)C(O)=CC(=O)N=2. The largest absolute Gasteiger partial charge is 0.507 e. The van der Waals surface area contributed by atoms with Gasteiger partial charge in [0.15, 0.2) is 0 Å². The van der Waals surface area contributed by atoms with Crippen molar-refractivity contribution >= 4 is 18.2 Å². The van der Waals surface area contributed by atoms with Crippen molar-refractivity contribution in [3.8, 4) is 0 Å². The highest BCUT2D eigenvalue weighted by molar-refractivity contribution is 5.96. The van der Waals surface area contributed by atoms with Crippen LogP contribution < -0.4 is 10.6 Å². The summed E-state index contributed by atoms with van der Waals surface area (Å²) < 4.78 is 0. The first-order valence-corrected chi connectivity index (χ1v) is 3.79. The summed E-state index contributed by atoms with van der Waals surface area (Å²) in [6.07, 6.45) is 1.10. The molecule has 13 heavy (non-hydrogen) atoms. The summed E-state index contributed by atoms with van der Waals surface area (Å²) >= 11 is 0. The van der Waals surface area contributed by atoms with Gasteiger partial charge < -0.3 is 5.11 Å². The van der Waals surface area contributed by atoms with Crippen molar-refractivity contribution in [3.63, 3.8) is 0 Å². The minimum atomic E-state index is -0.429. The second-order valence-electron chi connectivity index (χ2n) is 2.83. The summed E-state index contributed by atoms with van der Waals surface area (Å²) in [5, 5.41) is 10.7. The number of hydrogen-bond donors (Lipinski definition) is 1. The highest BCUT2D eigenvalue weighted by Crippen LogP contribution is 2.07. The molecule has 3 nitrogen and oxygen atoms in total. The summed E-state index contributed by atoms with van der Waals surface area (Å²) in [5.41, 5.74) is 0.562. The van der Waals surface area contributed by atoms with Crippen LogP contribution in [0, 0.1) is 0 Å². The van der Waals surface area contributed by atoms with E-state index in [4.69, 9.17) is 0 Å². The van der Waals surface area contributed by atoms with Gasteiger partial charge in [-0.15, -0.1) is 0 Å². The number of fused-ring (bicyclic) bond motifs is 1. The standard InChI is InChI=1S/C10H7NO2/c1-6-2-3-8-7(4-6)9(12)5-10(13)11-8/h2-5,12H,1H2. The van der Waals surface area contributed by atoms with Crippen molar-refractivity contribution in [2.45, 2.75) is 0 Å². The predicted octanol–water partition coefficient (Wildman–Crippen LogP) is 0.156. The quantitative estimate of drug-likeness (QED) is 0.607. The average molecular weight is 173 g/mol. The molecule has 0 radical (unpaired) electrons. The lowest BCUT2D eigenvalue weighted by molar-refractivity contribution is -0.113. The number of carbonyl (C=O) groups is 1. The van der Waals surface area contributed by atoms with Crippen molar-refractivity contribution in [2.75, 3.05) is 0 Å². The van der Waals surface area contributed by atoms with Gasteiger partial charge in [0.2, 0.25) is 0 Å². The number of hydrogen-bond acceptors (Lipinski definition) is 2. The van der Waals surface area contributed by atoms with Crippen LogP contribution in [0.4, 0.5) is 0 Å². The van der Waals surface area contributed by atoms with Gasteiger partial charge >= 0.3 is 0 Å². The fourth-order valence-electron chi connectivity index (χ4n) is 1.23. The highest BCUT2D eigenvalue weighted by atomic mass is 16.3. The van der Waals surface area contributed by atoms with E-state index in [1.54, 1.807) is 18.2 Å². The minimum Gasteiger partial charge on any atom is -0.507 e. The topological polar surface area (TPSA) is 49.7 Å². The molecule has 1 aromatic rings. The van der Waals surface area contributed by atoms with Crippen LogP contribution in [0.2, 0.25) is 0 Å². The molecule has 0 unspecified atom stereocenters. The van der Waals surface area contributed by atoms with E-state index in [1.165, 1.54) is 0 Å². The van der Waals surface area contributed by atoms with Crippen LogP contribution in [0.15, 0.2) is 29.3 Å². The van der Waals surface area contributed by atoms with E-state index in [2.05, 4.69) is 11.6 Å². The molecule has 0 bridgehead atoms. The van der Waals surface area contributed by atoms with E-state index in [0.717, 1.165) is 11.3 Å². The molecule has 0 fully saturated rings. The first-order chi connectivity index (χ1) is 6.16. The molecule has 1 aromatic carbocycles. The molecule has 1 heterocycles. The molecule has 1 aliphatic rings. The van der Waals surface area contributed by atoms with Crippen molar-refractivity contribution in [2.24, 2.45) is 4.99 Å². The first kappa shape index (κ1) is 7.73. The van der Waals surface area contributed by atoms with E-state index < -0.39 is 5.91 Å². The molecule has 0 saturated heterocycles. The number of benzene rings is 1. The smallest absolute Gasteiger partial charge is 0.274 e. The van der Waals surface area contributed by atoms with Crippen molar-refractivity contribution in [1.82, 2.24) is 0 Å². The summed E-state index contributed by atoms with van der Waals surface area (Å²) in [6, 6.07) is 5.10. The Morgan fingerprint density at radius 3 is 2.92 bits per heavy atom. The molecule has 64 valence electrons. The van der Waals surface area contributed by atoms with Gasteiger partial charge in [0.25, 0.3) is 5.91 Å². The maximum atomic E-state index is 10.9. The third-order valence-electron chi connectivity index (χ3n) is 1.83. The lowest BCUT2D eigenvalue weighted by Crippen LogP contribution is -2.19. The molecule has 0 saturated carbocycles. The lowest BCUT2D eigenvalue weighted by Gasteiger charge is -2.04. The Balaban J connectivity index is 2.84. The van der Waals surface area contributed by atoms with Crippen LogP contribution in [-0.4, -0.2) is 11.0 Å². The molecule has 3 heteroatoms. The van der Waals surface area contributed by atoms with E-state index >= 15 is 0 Å². The van der Waals surface area contributed by atoms with Crippen molar-refractivity contribution in [1.29, 1.82) is 0 Å². The summed E-state index contributed by atoms with van der Waals surface area (Å²) in [6.45, 7) is 3.72. The maximum Gasteiger partial charge on any atom is 0.274 e. The van der Waals surface area contributed by atoms with E-state index in [-0.39, 0.29) is 5.76 Å². The zero-order valence-corrected chi connectivity index (χ0v) is 6.82. The number of amides is 1. The second kappa shape index (κ2) is 2.55. The molecular weight excluding hydrogens is 166 g/mol. The normalized spacial score (nSPS) is 14.5. The van der Waals surface area contributed by atoms with Gasteiger partial charge in [0.05, 0.1) is 5.36 Å². The Morgan fingerprint density at radius 2 is 2.15 bits per heavy atom. The Hall–Kier alpha value is -1.90. The van der Waals surface area contributed by atoms with Crippen molar-refractivity contribution in [3.05, 3.63) is 40.4 Å². The van der Waals surface area contributed by atoms with Crippen LogP contribution >= 0.6 is 0 Å². The van der Waals surface area contributed by atoms with Crippen LogP contribution in [0.25, 0.3) is 12.3 Å². The molecule has 0 aliphatic carbocycles. The van der Waals surface area contributed by atoms with E-state index in [0.29, 0.717) is 10.9 Å². The molecule has 1 N–H and O–H groups in total. The lowest BCUT2D eigenvalue weighted by atomic mass is 10.1. The first-order valence-electron chi connectivity index (χ1n) is 3.79. The van der Waals surface area contributed by atoms with Crippen molar-refractivity contribution < 1.29 is 9.90 Å². The fourth-order valence-corrected chi connectivity index (χ4v) is 1.23. The summed E-state index contributed by atoms with van der Waals surface area (Å²) in [5.74, 6) is -0.470. The minimum absolute atomic E-state index is 0.0412. The summed E-state index contributed by atoms with van der Waals surface area (Å²) in [7, 11) is 0. The zero-order chi connectivity index (χ0) is 9.42. The van der Waals surface area contributed by atoms with E-state index in [1.807, 2.05) is 0 Å². The second-order valence-corrected chi connectivity index (χ2v) is 2.83. The summed E-state index contributed by atoms with van der Waals surface area (Å²) in [4.78, 5) is 14.6. The Morgan fingerprint density at radius 1 is 1.38 bits per heavy atom. The fraction of sp³-hybridized carbons (Fsp3) is 0. The van der Waals surface area contributed by atoms with Crippen LogP contribution in [-0.2, 0) is 4.79 Å². The number of rotatable bonds is 0. The van der Waals surface area contributed by atoms with Gasteiger partial charge in [0.1, 0.15) is 5.76 Å². The van der Waals surface area contributed by atoms with Gasteiger partial charge in [-0.1, -0.05) is 12.6 Å². The van der Waals surface area contributed by atoms with Gasteiger partial charge in [0, 0.05) is 11.6 Å². The number of carbonyl (C=O) groups excluding carboxylic acids is 1. The van der Waals surface area contributed by atoms with Crippen LogP contribution in [0.3, 0.4) is 0 Å². The molecule has 1 aliphatic heterocycles. The highest BCUT2D eigenvalue weighted by Gasteiger charge is 2.10. The molecule has 0 aromatic heterocycles. The maximum absolute atomic E-state index is 10.9. The number of aliphatic hydroxyl groups excluding tert-OH is 1. The zero-order valence-electron chi connectivity index (χ0n) is 6.82. The van der Waals surface area contributed by atoms with Gasteiger partial charge in [-0.05, 0) is 17.4 Å². The average Bonchev–Trinajstić information content (AvgIpc) is 2.06. The Labute approximate surface area is 74.4 Å². The molecule has 0 atom stereocenters. The van der Waals surface area contributed by atoms with Crippen LogP contribution in [0.1, 0.15) is 5.56 Å². The third kappa shape index (κ3) is 1.24. The Kier molecular flexibility index (Phi) is 1.52. The van der Waals surface area contributed by atoms with Gasteiger partial charge in [-0.2, -0.15) is 0 Å². The van der Waals surface area contributed by atoms with Gasteiger partial charge in [-0.3, -0.25) is 4.79 Å². The van der Waals surface area contributed by atoms with E-state index in [9.17, 15) is 9.90 Å². The Bertz CT molecular complexity index is 514. The molecule has 0 spiro atoms. The number of nitrogens with zero attached hydrogens (tertiary/aromatic N) is 1. The number of aliphatic hydroxyl groups is 1. The van der Waals surface area contributed by atoms with Crippen LogP contribution in [0.5, 0.6) is 0 Å². The van der Waals surface area contributed by atoms with Gasteiger partial charge in [-0.25, -0.2) is 4.99 Å². The third-order valence-corrected chi connectivity index (χ3v) is 1.83. The predicted molar refractivity (Wildman–Crippen MR) is 48.4 cm³/mol. The monoisotopic (exact) mass is 173 g/mol. The molecular formula is C10H7NO2.